The molecule has 1 saturated heterocycles. The molecule has 1 aliphatic heterocycles. The van der Waals surface area contributed by atoms with Gasteiger partial charge < -0.3 is 9.84 Å². The minimum Gasteiger partial charge on any atom is -0.389 e. The van der Waals surface area contributed by atoms with Gasteiger partial charge in [0.15, 0.2) is 0 Å². The van der Waals surface area contributed by atoms with Gasteiger partial charge in [-0.05, 0) is 68.1 Å². The Morgan fingerprint density at radius 2 is 1.65 bits per heavy atom. The van der Waals surface area contributed by atoms with Gasteiger partial charge in [-0.1, -0.05) is 0 Å². The highest BCUT2D eigenvalue weighted by Crippen LogP contribution is 2.61. The quantitative estimate of drug-likeness (QED) is 0.723. The average molecular weight is 340 g/mol. The Balaban J connectivity index is 1.16. The molecular weight excluding hydrogens is 306 g/mol. The van der Waals surface area contributed by atoms with Gasteiger partial charge in [0.2, 0.25) is 0 Å². The van der Waals surface area contributed by atoms with Crippen molar-refractivity contribution < 1.29 is 9.84 Å². The van der Waals surface area contributed by atoms with E-state index in [0.29, 0.717) is 12.0 Å². The van der Waals surface area contributed by atoms with Gasteiger partial charge in [-0.2, -0.15) is 11.8 Å². The zero-order valence-corrected chi connectivity index (χ0v) is 15.2. The van der Waals surface area contributed by atoms with E-state index in [1.165, 1.54) is 56.5 Å². The van der Waals surface area contributed by atoms with Crippen LogP contribution in [0.4, 0.5) is 0 Å². The first kappa shape index (κ1) is 16.7. The molecular formula is C19H33NO2S. The van der Waals surface area contributed by atoms with Crippen LogP contribution in [0.15, 0.2) is 0 Å². The fourth-order valence-corrected chi connectivity index (χ4v) is 7.22. The second-order valence-electron chi connectivity index (χ2n) is 8.81. The molecule has 4 aliphatic carbocycles. The van der Waals surface area contributed by atoms with Gasteiger partial charge in [-0.25, -0.2) is 0 Å². The first-order valence-electron chi connectivity index (χ1n) is 9.77. The number of hydrogen-bond acceptors (Lipinski definition) is 4. The first-order chi connectivity index (χ1) is 11.2. The van der Waals surface area contributed by atoms with E-state index in [4.69, 9.17) is 4.74 Å². The topological polar surface area (TPSA) is 32.7 Å². The highest BCUT2D eigenvalue weighted by atomic mass is 32.2. The Morgan fingerprint density at radius 3 is 2.26 bits per heavy atom. The molecule has 4 bridgehead atoms. The predicted octanol–water partition coefficient (Wildman–Crippen LogP) is 3.02. The number of aliphatic hydroxyl groups is 1. The molecule has 0 aromatic heterocycles. The largest absolute Gasteiger partial charge is 0.389 e. The SMILES string of the molecule is OC(COCCC12CC3CC(CC(C3)C1)C2)CN1CCSCC1. The number of β-amino-alcohol motifs (C(OH)–C–C–N with tert-alkyl or cyclic N) is 1. The Morgan fingerprint density at radius 1 is 1.04 bits per heavy atom. The lowest BCUT2D eigenvalue weighted by molar-refractivity contribution is -0.0740. The van der Waals surface area contributed by atoms with E-state index in [-0.39, 0.29) is 6.10 Å². The number of thioether (sulfide) groups is 1. The Kier molecular flexibility index (Phi) is 5.24. The molecule has 1 N–H and O–H groups in total. The maximum absolute atomic E-state index is 10.2. The molecule has 1 atom stereocenters. The van der Waals surface area contributed by atoms with Crippen LogP contribution in [0.5, 0.6) is 0 Å². The standard InChI is InChI=1S/C19H33NO2S/c21-18(13-20-2-5-23-6-3-20)14-22-4-1-19-10-15-7-16(11-19)9-17(8-15)12-19/h15-18,21H,1-14H2. The molecule has 0 spiro atoms. The summed E-state index contributed by atoms with van der Waals surface area (Å²) in [6.45, 7) is 4.41. The third-order valence-corrected chi connectivity index (χ3v) is 7.77. The van der Waals surface area contributed by atoms with Crippen LogP contribution in [-0.2, 0) is 4.74 Å². The summed E-state index contributed by atoms with van der Waals surface area (Å²) in [5.41, 5.74) is 0.615. The first-order valence-corrected chi connectivity index (χ1v) is 10.9. The van der Waals surface area contributed by atoms with Crippen LogP contribution < -0.4 is 0 Å². The molecule has 1 heterocycles. The van der Waals surface area contributed by atoms with Crippen molar-refractivity contribution in [2.45, 2.75) is 51.0 Å². The molecule has 23 heavy (non-hydrogen) atoms. The number of aliphatic hydroxyl groups excluding tert-OH is 1. The molecule has 4 saturated carbocycles. The summed E-state index contributed by atoms with van der Waals surface area (Å²) in [6.07, 6.45) is 9.90. The summed E-state index contributed by atoms with van der Waals surface area (Å²) in [5.74, 6) is 5.51. The van der Waals surface area contributed by atoms with Gasteiger partial charge >= 0.3 is 0 Å². The van der Waals surface area contributed by atoms with Gasteiger partial charge in [0.25, 0.3) is 0 Å². The third-order valence-electron chi connectivity index (χ3n) is 6.82. The Labute approximate surface area is 145 Å². The van der Waals surface area contributed by atoms with Crippen molar-refractivity contribution in [3.05, 3.63) is 0 Å². The lowest BCUT2D eigenvalue weighted by Crippen LogP contribution is -2.46. The molecule has 5 aliphatic rings. The van der Waals surface area contributed by atoms with Crippen molar-refractivity contribution in [2.75, 3.05) is 44.4 Å². The van der Waals surface area contributed by atoms with E-state index >= 15 is 0 Å². The third kappa shape index (κ3) is 4.08. The van der Waals surface area contributed by atoms with Gasteiger partial charge in [0.05, 0.1) is 12.7 Å². The normalized spacial score (nSPS) is 41.3. The number of ether oxygens (including phenoxy) is 1. The molecule has 3 nitrogen and oxygen atoms in total. The molecule has 0 radical (unpaired) electrons. The van der Waals surface area contributed by atoms with Crippen LogP contribution in [0.1, 0.15) is 44.9 Å². The van der Waals surface area contributed by atoms with Gasteiger partial charge in [0, 0.05) is 37.7 Å². The zero-order chi connectivity index (χ0) is 15.7. The van der Waals surface area contributed by atoms with Crippen LogP contribution in [0, 0.1) is 23.2 Å². The Hall–Kier alpha value is 0.230. The highest BCUT2D eigenvalue weighted by Gasteiger charge is 2.50. The maximum atomic E-state index is 10.2. The van der Waals surface area contributed by atoms with E-state index in [1.807, 2.05) is 11.8 Å². The molecule has 0 amide bonds. The summed E-state index contributed by atoms with van der Waals surface area (Å²) in [5, 5.41) is 10.2. The monoisotopic (exact) mass is 339 g/mol. The fraction of sp³-hybridized carbons (Fsp3) is 1.00. The van der Waals surface area contributed by atoms with Crippen molar-refractivity contribution in [3.63, 3.8) is 0 Å². The summed E-state index contributed by atoms with van der Waals surface area (Å²) >= 11 is 2.02. The van der Waals surface area contributed by atoms with Gasteiger partial charge in [-0.15, -0.1) is 0 Å². The van der Waals surface area contributed by atoms with E-state index in [0.717, 1.165) is 44.0 Å². The van der Waals surface area contributed by atoms with Crippen molar-refractivity contribution in [3.8, 4) is 0 Å². The maximum Gasteiger partial charge on any atom is 0.0900 e. The lowest BCUT2D eigenvalue weighted by Gasteiger charge is -2.57. The van der Waals surface area contributed by atoms with E-state index in [9.17, 15) is 5.11 Å². The molecule has 1 unspecified atom stereocenters. The second kappa shape index (κ2) is 7.23. The van der Waals surface area contributed by atoms with Crippen LogP contribution in [0.25, 0.3) is 0 Å². The Bertz CT molecular complexity index is 362. The van der Waals surface area contributed by atoms with Crippen molar-refractivity contribution in [2.24, 2.45) is 23.2 Å². The number of nitrogens with zero attached hydrogens (tertiary/aromatic N) is 1. The summed E-state index contributed by atoms with van der Waals surface area (Å²) in [4.78, 5) is 2.38. The van der Waals surface area contributed by atoms with Crippen molar-refractivity contribution >= 4 is 11.8 Å². The minimum absolute atomic E-state index is 0.311. The molecule has 5 rings (SSSR count). The fourth-order valence-electron chi connectivity index (χ4n) is 6.24. The van der Waals surface area contributed by atoms with Gasteiger partial charge in [-0.3, -0.25) is 4.90 Å². The average Bonchev–Trinajstić information content (AvgIpc) is 2.51. The van der Waals surface area contributed by atoms with E-state index in [1.54, 1.807) is 0 Å². The summed E-state index contributed by atoms with van der Waals surface area (Å²) in [6, 6.07) is 0. The van der Waals surface area contributed by atoms with Gasteiger partial charge in [0.1, 0.15) is 0 Å². The number of hydrogen-bond donors (Lipinski definition) is 1. The summed E-state index contributed by atoms with van der Waals surface area (Å²) < 4.78 is 5.89. The van der Waals surface area contributed by atoms with E-state index < -0.39 is 0 Å². The van der Waals surface area contributed by atoms with Crippen LogP contribution in [-0.4, -0.2) is 60.5 Å². The van der Waals surface area contributed by atoms with E-state index in [2.05, 4.69) is 4.90 Å². The zero-order valence-electron chi connectivity index (χ0n) is 14.4. The predicted molar refractivity (Wildman–Crippen MR) is 95.8 cm³/mol. The van der Waals surface area contributed by atoms with Crippen LogP contribution >= 0.6 is 11.8 Å². The van der Waals surface area contributed by atoms with Crippen molar-refractivity contribution in [1.29, 1.82) is 0 Å². The van der Waals surface area contributed by atoms with Crippen LogP contribution in [0.2, 0.25) is 0 Å². The minimum atomic E-state index is -0.311. The second-order valence-corrected chi connectivity index (χ2v) is 10.0. The van der Waals surface area contributed by atoms with Crippen LogP contribution in [0.3, 0.4) is 0 Å². The smallest absolute Gasteiger partial charge is 0.0900 e. The molecule has 5 fully saturated rings. The number of rotatable bonds is 7. The molecule has 0 aromatic rings. The molecule has 0 aromatic carbocycles. The summed E-state index contributed by atoms with van der Waals surface area (Å²) in [7, 11) is 0. The lowest BCUT2D eigenvalue weighted by atomic mass is 9.49. The molecule has 132 valence electrons. The van der Waals surface area contributed by atoms with Crippen molar-refractivity contribution in [1.82, 2.24) is 4.90 Å². The highest BCUT2D eigenvalue weighted by molar-refractivity contribution is 7.99. The molecule has 4 heteroatoms.